The van der Waals surface area contributed by atoms with Crippen molar-refractivity contribution in [2.45, 2.75) is 39.5 Å². The van der Waals surface area contributed by atoms with Gasteiger partial charge in [-0.3, -0.25) is 4.79 Å². The summed E-state index contributed by atoms with van der Waals surface area (Å²) in [7, 11) is 0. The van der Waals surface area contributed by atoms with Crippen LogP contribution in [0.1, 0.15) is 39.5 Å². The zero-order valence-electron chi connectivity index (χ0n) is 8.18. The Kier molecular flexibility index (Phi) is 6.76. The lowest BCUT2D eigenvalue weighted by molar-refractivity contribution is -0.128. The molecule has 12 heavy (non-hydrogen) atoms. The predicted octanol–water partition coefficient (Wildman–Crippen LogP) is 1.33. The zero-order chi connectivity index (χ0) is 9.40. The monoisotopic (exact) mass is 172 g/mol. The summed E-state index contributed by atoms with van der Waals surface area (Å²) in [6.45, 7) is 4.89. The molecular weight excluding hydrogens is 152 g/mol. The normalized spacial score (nSPS) is 9.92. The number of hydrogen-bond donors (Lipinski definition) is 1. The average molecular weight is 172 g/mol. The second kappa shape index (κ2) is 7.10. The molecule has 0 spiro atoms. The lowest BCUT2D eigenvalue weighted by Gasteiger charge is -2.17. The minimum Gasteiger partial charge on any atom is -0.330 e. The quantitative estimate of drug-likeness (QED) is 0.485. The molecule has 3 heteroatoms. The van der Waals surface area contributed by atoms with Gasteiger partial charge in [-0.15, -0.1) is 0 Å². The van der Waals surface area contributed by atoms with Crippen molar-refractivity contribution in [1.29, 1.82) is 0 Å². The molecule has 0 rings (SSSR count). The fourth-order valence-corrected chi connectivity index (χ4v) is 1.11. The molecule has 1 amide bonds. The molecule has 0 saturated carbocycles. The number of nitrogens with zero attached hydrogens (tertiary/aromatic N) is 1. The van der Waals surface area contributed by atoms with E-state index in [0.29, 0.717) is 6.67 Å². The van der Waals surface area contributed by atoms with Gasteiger partial charge in [0.05, 0.1) is 6.67 Å². The number of rotatable bonds is 6. The van der Waals surface area contributed by atoms with Gasteiger partial charge in [0, 0.05) is 13.5 Å². The van der Waals surface area contributed by atoms with E-state index < -0.39 is 0 Å². The van der Waals surface area contributed by atoms with Crippen LogP contribution >= 0.6 is 0 Å². The van der Waals surface area contributed by atoms with E-state index >= 15 is 0 Å². The average Bonchev–Trinajstić information content (AvgIpc) is 2.04. The van der Waals surface area contributed by atoms with Gasteiger partial charge in [0.2, 0.25) is 5.91 Å². The van der Waals surface area contributed by atoms with E-state index in [1.807, 2.05) is 0 Å². The lowest BCUT2D eigenvalue weighted by atomic mass is 10.2. The Balaban J connectivity index is 3.38. The van der Waals surface area contributed by atoms with E-state index in [2.05, 4.69) is 6.92 Å². The second-order valence-corrected chi connectivity index (χ2v) is 3.03. The van der Waals surface area contributed by atoms with Crippen LogP contribution in [0, 0.1) is 0 Å². The molecule has 0 heterocycles. The molecule has 0 fully saturated rings. The predicted molar refractivity (Wildman–Crippen MR) is 50.6 cm³/mol. The molecule has 0 aliphatic heterocycles. The molecule has 0 aromatic heterocycles. The highest BCUT2D eigenvalue weighted by atomic mass is 16.2. The lowest BCUT2D eigenvalue weighted by Crippen LogP contribution is -2.34. The number of amides is 1. The molecule has 0 bridgehead atoms. The van der Waals surface area contributed by atoms with Gasteiger partial charge in [0.1, 0.15) is 0 Å². The van der Waals surface area contributed by atoms with Crippen molar-refractivity contribution in [3.05, 3.63) is 0 Å². The summed E-state index contributed by atoms with van der Waals surface area (Å²) in [6.07, 6.45) is 4.74. The molecule has 0 aliphatic carbocycles. The van der Waals surface area contributed by atoms with Crippen molar-refractivity contribution in [3.8, 4) is 0 Å². The van der Waals surface area contributed by atoms with Crippen molar-refractivity contribution < 1.29 is 4.79 Å². The standard InChI is InChI=1S/C9H20N2O/c1-3-4-5-6-7-11(8-10)9(2)12/h3-8,10H2,1-2H3. The first kappa shape index (κ1) is 11.4. The van der Waals surface area contributed by atoms with Crippen LogP contribution in [0.3, 0.4) is 0 Å². The Bertz CT molecular complexity index is 126. The van der Waals surface area contributed by atoms with Gasteiger partial charge in [0.15, 0.2) is 0 Å². The molecule has 0 aromatic rings. The Labute approximate surface area is 74.9 Å². The van der Waals surface area contributed by atoms with Gasteiger partial charge in [-0.25, -0.2) is 0 Å². The molecule has 2 N–H and O–H groups in total. The second-order valence-electron chi connectivity index (χ2n) is 3.03. The van der Waals surface area contributed by atoms with Crippen LogP contribution in [-0.4, -0.2) is 24.0 Å². The maximum atomic E-state index is 10.9. The molecule has 0 aromatic carbocycles. The van der Waals surface area contributed by atoms with Crippen LogP contribution in [-0.2, 0) is 4.79 Å². The van der Waals surface area contributed by atoms with Gasteiger partial charge in [0.25, 0.3) is 0 Å². The molecule has 0 aliphatic rings. The summed E-state index contributed by atoms with van der Waals surface area (Å²) in [4.78, 5) is 12.6. The molecule has 3 nitrogen and oxygen atoms in total. The Hall–Kier alpha value is -0.570. The van der Waals surface area contributed by atoms with E-state index in [9.17, 15) is 4.79 Å². The summed E-state index contributed by atoms with van der Waals surface area (Å²) in [5, 5.41) is 0. The van der Waals surface area contributed by atoms with Crippen molar-refractivity contribution in [3.63, 3.8) is 0 Å². The maximum absolute atomic E-state index is 10.9. The van der Waals surface area contributed by atoms with Gasteiger partial charge in [-0.1, -0.05) is 26.2 Å². The molecule has 72 valence electrons. The molecule has 0 radical (unpaired) electrons. The molecule has 0 unspecified atom stereocenters. The number of carbonyl (C=O) groups excluding carboxylic acids is 1. The Morgan fingerprint density at radius 3 is 2.42 bits per heavy atom. The number of carbonyl (C=O) groups is 1. The van der Waals surface area contributed by atoms with E-state index in [0.717, 1.165) is 13.0 Å². The highest BCUT2D eigenvalue weighted by molar-refractivity contribution is 5.73. The highest BCUT2D eigenvalue weighted by Gasteiger charge is 2.03. The Morgan fingerprint density at radius 1 is 1.33 bits per heavy atom. The van der Waals surface area contributed by atoms with Crippen LogP contribution in [0.5, 0.6) is 0 Å². The molecule has 0 saturated heterocycles. The van der Waals surface area contributed by atoms with E-state index in [1.54, 1.807) is 11.8 Å². The third-order valence-corrected chi connectivity index (χ3v) is 1.95. The van der Waals surface area contributed by atoms with Gasteiger partial charge in [-0.2, -0.15) is 0 Å². The molecule has 0 atom stereocenters. The van der Waals surface area contributed by atoms with Gasteiger partial charge >= 0.3 is 0 Å². The van der Waals surface area contributed by atoms with Gasteiger partial charge < -0.3 is 10.6 Å². The van der Waals surface area contributed by atoms with E-state index in [4.69, 9.17) is 5.73 Å². The highest BCUT2D eigenvalue weighted by Crippen LogP contribution is 2.00. The van der Waals surface area contributed by atoms with Crippen molar-refractivity contribution in [2.75, 3.05) is 13.2 Å². The molecular formula is C9H20N2O. The summed E-state index contributed by atoms with van der Waals surface area (Å²) in [5.74, 6) is 0.0778. The van der Waals surface area contributed by atoms with Crippen molar-refractivity contribution in [1.82, 2.24) is 4.90 Å². The minimum absolute atomic E-state index is 0.0778. The largest absolute Gasteiger partial charge is 0.330 e. The topological polar surface area (TPSA) is 46.3 Å². The number of unbranched alkanes of at least 4 members (excludes halogenated alkanes) is 3. The smallest absolute Gasteiger partial charge is 0.220 e. The van der Waals surface area contributed by atoms with Crippen LogP contribution in [0.25, 0.3) is 0 Å². The third-order valence-electron chi connectivity index (χ3n) is 1.95. The van der Waals surface area contributed by atoms with E-state index in [1.165, 1.54) is 19.3 Å². The zero-order valence-corrected chi connectivity index (χ0v) is 8.18. The van der Waals surface area contributed by atoms with Crippen molar-refractivity contribution in [2.24, 2.45) is 5.73 Å². The SMILES string of the molecule is CCCCCCN(CN)C(C)=O. The maximum Gasteiger partial charge on any atom is 0.220 e. The van der Waals surface area contributed by atoms with Crippen LogP contribution < -0.4 is 5.73 Å². The Morgan fingerprint density at radius 2 is 2.00 bits per heavy atom. The third kappa shape index (κ3) is 5.13. The summed E-state index contributed by atoms with van der Waals surface area (Å²) in [6, 6.07) is 0. The number of nitrogens with two attached hydrogens (primary N) is 1. The fraction of sp³-hybridized carbons (Fsp3) is 0.889. The fourth-order valence-electron chi connectivity index (χ4n) is 1.11. The minimum atomic E-state index is 0.0778. The first-order chi connectivity index (χ1) is 5.72. The van der Waals surface area contributed by atoms with Crippen LogP contribution in [0.15, 0.2) is 0 Å². The summed E-state index contributed by atoms with van der Waals surface area (Å²) in [5.41, 5.74) is 5.39. The first-order valence-electron chi connectivity index (χ1n) is 4.68. The first-order valence-corrected chi connectivity index (χ1v) is 4.68. The van der Waals surface area contributed by atoms with Crippen LogP contribution in [0.4, 0.5) is 0 Å². The van der Waals surface area contributed by atoms with Gasteiger partial charge in [-0.05, 0) is 6.42 Å². The van der Waals surface area contributed by atoms with E-state index in [-0.39, 0.29) is 5.91 Å². The van der Waals surface area contributed by atoms with Crippen LogP contribution in [0.2, 0.25) is 0 Å². The van der Waals surface area contributed by atoms with Crippen molar-refractivity contribution >= 4 is 5.91 Å². The number of hydrogen-bond acceptors (Lipinski definition) is 2. The summed E-state index contributed by atoms with van der Waals surface area (Å²) >= 11 is 0. The summed E-state index contributed by atoms with van der Waals surface area (Å²) < 4.78 is 0.